The highest BCUT2D eigenvalue weighted by Gasteiger charge is 2.13. The number of amides is 1. The zero-order valence-corrected chi connectivity index (χ0v) is 13.3. The maximum Gasteiger partial charge on any atom is 0.274 e. The number of imidazole rings is 1. The summed E-state index contributed by atoms with van der Waals surface area (Å²) < 4.78 is 19.0. The minimum atomic E-state index is -0.516. The molecule has 1 amide bonds. The van der Waals surface area contributed by atoms with E-state index in [0.29, 0.717) is 11.3 Å². The third kappa shape index (κ3) is 3.44. The SMILES string of the molecule is Cc1ccccc1NC(=O)c1cnc2ccc(COCCF)cn12. The highest BCUT2D eigenvalue weighted by atomic mass is 19.1. The molecule has 6 heteroatoms. The van der Waals surface area contributed by atoms with Crippen molar-refractivity contribution in [3.8, 4) is 0 Å². The van der Waals surface area contributed by atoms with Crippen molar-refractivity contribution in [2.24, 2.45) is 0 Å². The molecule has 0 spiro atoms. The molecule has 5 nitrogen and oxygen atoms in total. The summed E-state index contributed by atoms with van der Waals surface area (Å²) in [6.07, 6.45) is 3.32. The van der Waals surface area contributed by atoms with E-state index >= 15 is 0 Å². The number of alkyl halides is 1. The third-order valence-corrected chi connectivity index (χ3v) is 3.68. The fourth-order valence-electron chi connectivity index (χ4n) is 2.42. The highest BCUT2D eigenvalue weighted by Crippen LogP contribution is 2.16. The lowest BCUT2D eigenvalue weighted by Crippen LogP contribution is -2.15. The van der Waals surface area contributed by atoms with Crippen LogP contribution < -0.4 is 5.32 Å². The van der Waals surface area contributed by atoms with Gasteiger partial charge in [0.2, 0.25) is 0 Å². The Morgan fingerprint density at radius 1 is 1.29 bits per heavy atom. The van der Waals surface area contributed by atoms with Gasteiger partial charge in [-0.3, -0.25) is 9.20 Å². The highest BCUT2D eigenvalue weighted by molar-refractivity contribution is 6.03. The minimum absolute atomic E-state index is 0.0581. The van der Waals surface area contributed by atoms with E-state index in [1.165, 1.54) is 6.20 Å². The van der Waals surface area contributed by atoms with Gasteiger partial charge >= 0.3 is 0 Å². The van der Waals surface area contributed by atoms with Crippen LogP contribution in [0, 0.1) is 6.92 Å². The Labute approximate surface area is 139 Å². The maximum absolute atomic E-state index is 12.6. The lowest BCUT2D eigenvalue weighted by atomic mass is 10.2. The number of nitrogens with zero attached hydrogens (tertiary/aromatic N) is 2. The van der Waals surface area contributed by atoms with Gasteiger partial charge in [0, 0.05) is 11.9 Å². The van der Waals surface area contributed by atoms with Gasteiger partial charge in [0.05, 0.1) is 19.4 Å². The van der Waals surface area contributed by atoms with E-state index in [1.54, 1.807) is 16.7 Å². The molecule has 2 heterocycles. The van der Waals surface area contributed by atoms with Crippen LogP contribution in [0.15, 0.2) is 48.8 Å². The van der Waals surface area contributed by atoms with Crippen molar-refractivity contribution in [1.82, 2.24) is 9.38 Å². The second-order valence-electron chi connectivity index (χ2n) is 5.42. The fraction of sp³-hybridized carbons (Fsp3) is 0.222. The van der Waals surface area contributed by atoms with E-state index in [0.717, 1.165) is 16.8 Å². The molecule has 2 aromatic heterocycles. The first-order chi connectivity index (χ1) is 11.7. The van der Waals surface area contributed by atoms with Crippen molar-refractivity contribution in [3.63, 3.8) is 0 Å². The molecule has 1 N–H and O–H groups in total. The molecule has 24 heavy (non-hydrogen) atoms. The van der Waals surface area contributed by atoms with E-state index in [1.807, 2.05) is 37.3 Å². The second-order valence-corrected chi connectivity index (χ2v) is 5.42. The number of anilines is 1. The number of hydrogen-bond donors (Lipinski definition) is 1. The number of hydrogen-bond acceptors (Lipinski definition) is 3. The average molecular weight is 327 g/mol. The molecule has 0 unspecified atom stereocenters. The van der Waals surface area contributed by atoms with Crippen molar-refractivity contribution >= 4 is 17.2 Å². The first-order valence-corrected chi connectivity index (χ1v) is 7.65. The Kier molecular flexibility index (Phi) is 4.86. The Bertz CT molecular complexity index is 860. The Morgan fingerprint density at radius 2 is 2.12 bits per heavy atom. The van der Waals surface area contributed by atoms with Crippen LogP contribution in [0.5, 0.6) is 0 Å². The molecular weight excluding hydrogens is 309 g/mol. The average Bonchev–Trinajstić information content (AvgIpc) is 3.00. The zero-order chi connectivity index (χ0) is 16.9. The summed E-state index contributed by atoms with van der Waals surface area (Å²) in [5.41, 5.74) is 3.69. The fourth-order valence-corrected chi connectivity index (χ4v) is 2.42. The number of carbonyl (C=O) groups excluding carboxylic acids is 1. The Morgan fingerprint density at radius 3 is 2.92 bits per heavy atom. The molecule has 0 bridgehead atoms. The number of halogens is 1. The predicted molar refractivity (Wildman–Crippen MR) is 90.0 cm³/mol. The number of aromatic nitrogens is 2. The molecule has 3 aromatic rings. The smallest absolute Gasteiger partial charge is 0.274 e. The number of benzene rings is 1. The van der Waals surface area contributed by atoms with Gasteiger partial charge in [0.15, 0.2) is 0 Å². The van der Waals surface area contributed by atoms with Gasteiger partial charge in [0.1, 0.15) is 18.0 Å². The molecule has 0 aliphatic rings. The van der Waals surface area contributed by atoms with E-state index in [9.17, 15) is 9.18 Å². The molecule has 0 aliphatic heterocycles. The second kappa shape index (κ2) is 7.23. The molecular formula is C18H18FN3O2. The number of fused-ring (bicyclic) bond motifs is 1. The van der Waals surface area contributed by atoms with Crippen LogP contribution in [0.2, 0.25) is 0 Å². The molecule has 0 saturated carbocycles. The van der Waals surface area contributed by atoms with Gasteiger partial charge in [-0.05, 0) is 30.2 Å². The van der Waals surface area contributed by atoms with Crippen LogP contribution in [0.4, 0.5) is 10.1 Å². The van der Waals surface area contributed by atoms with Gasteiger partial charge < -0.3 is 10.1 Å². The van der Waals surface area contributed by atoms with Gasteiger partial charge in [-0.15, -0.1) is 0 Å². The van der Waals surface area contributed by atoms with Crippen LogP contribution in [-0.4, -0.2) is 28.6 Å². The number of nitrogens with one attached hydrogen (secondary N) is 1. The Balaban J connectivity index is 1.84. The number of carbonyl (C=O) groups is 1. The van der Waals surface area contributed by atoms with E-state index in [4.69, 9.17) is 4.74 Å². The van der Waals surface area contributed by atoms with Crippen LogP contribution in [0.3, 0.4) is 0 Å². The van der Waals surface area contributed by atoms with Crippen molar-refractivity contribution in [1.29, 1.82) is 0 Å². The zero-order valence-electron chi connectivity index (χ0n) is 13.3. The van der Waals surface area contributed by atoms with Crippen molar-refractivity contribution in [2.75, 3.05) is 18.6 Å². The van der Waals surface area contributed by atoms with E-state index < -0.39 is 6.67 Å². The summed E-state index contributed by atoms with van der Waals surface area (Å²) >= 11 is 0. The largest absolute Gasteiger partial charge is 0.374 e. The molecule has 0 aliphatic carbocycles. The number of para-hydroxylation sites is 1. The van der Waals surface area contributed by atoms with Crippen LogP contribution >= 0.6 is 0 Å². The normalized spacial score (nSPS) is 10.9. The van der Waals surface area contributed by atoms with Gasteiger partial charge in [-0.2, -0.15) is 0 Å². The van der Waals surface area contributed by atoms with Crippen molar-refractivity contribution in [3.05, 3.63) is 65.6 Å². The Hall–Kier alpha value is -2.73. The monoisotopic (exact) mass is 327 g/mol. The summed E-state index contributed by atoms with van der Waals surface area (Å²) in [7, 11) is 0. The first-order valence-electron chi connectivity index (χ1n) is 7.65. The molecule has 3 rings (SSSR count). The van der Waals surface area contributed by atoms with E-state index in [2.05, 4.69) is 10.3 Å². The maximum atomic E-state index is 12.6. The number of aryl methyl sites for hydroxylation is 1. The standard InChI is InChI=1S/C18H18FN3O2/c1-13-4-2-3-5-15(13)21-18(23)16-10-20-17-7-6-14(11-22(16)17)12-24-9-8-19/h2-7,10-11H,8-9,12H2,1H3,(H,21,23). The molecule has 0 atom stereocenters. The first kappa shape index (κ1) is 16.1. The summed E-state index contributed by atoms with van der Waals surface area (Å²) in [4.78, 5) is 16.8. The van der Waals surface area contributed by atoms with Crippen LogP contribution in [0.1, 0.15) is 21.6 Å². The number of pyridine rings is 1. The lowest BCUT2D eigenvalue weighted by Gasteiger charge is -2.08. The molecule has 0 saturated heterocycles. The molecule has 124 valence electrons. The predicted octanol–water partition coefficient (Wildman–Crippen LogP) is 3.38. The van der Waals surface area contributed by atoms with Gasteiger partial charge in [0.25, 0.3) is 5.91 Å². The lowest BCUT2D eigenvalue weighted by molar-refractivity contribution is 0.102. The molecule has 1 aromatic carbocycles. The number of rotatable bonds is 6. The third-order valence-electron chi connectivity index (χ3n) is 3.68. The number of ether oxygens (including phenoxy) is 1. The van der Waals surface area contributed by atoms with Crippen molar-refractivity contribution in [2.45, 2.75) is 13.5 Å². The topological polar surface area (TPSA) is 55.6 Å². The summed E-state index contributed by atoms with van der Waals surface area (Å²) in [6, 6.07) is 11.2. The van der Waals surface area contributed by atoms with Crippen LogP contribution in [-0.2, 0) is 11.3 Å². The minimum Gasteiger partial charge on any atom is -0.374 e. The van der Waals surface area contributed by atoms with Gasteiger partial charge in [-0.25, -0.2) is 9.37 Å². The molecule has 0 fully saturated rings. The molecule has 0 radical (unpaired) electrons. The van der Waals surface area contributed by atoms with Gasteiger partial charge in [-0.1, -0.05) is 24.3 Å². The van der Waals surface area contributed by atoms with E-state index in [-0.39, 0.29) is 19.1 Å². The van der Waals surface area contributed by atoms with Crippen molar-refractivity contribution < 1.29 is 13.9 Å². The summed E-state index contributed by atoms with van der Waals surface area (Å²) in [5, 5.41) is 2.90. The quantitative estimate of drug-likeness (QED) is 0.706. The summed E-state index contributed by atoms with van der Waals surface area (Å²) in [6.45, 7) is 1.77. The summed E-state index contributed by atoms with van der Waals surface area (Å²) in [5.74, 6) is -0.237. The van der Waals surface area contributed by atoms with Crippen LogP contribution in [0.25, 0.3) is 5.65 Å².